The Kier molecular flexibility index (Phi) is 3.63. The highest BCUT2D eigenvalue weighted by atomic mass is 35.5. The lowest BCUT2D eigenvalue weighted by Gasteiger charge is -2.09. The third kappa shape index (κ3) is 3.83. The molecule has 1 aromatic carbocycles. The van der Waals surface area contributed by atoms with Crippen molar-refractivity contribution in [3.8, 4) is 0 Å². The maximum absolute atomic E-state index is 12.3. The highest BCUT2D eigenvalue weighted by Gasteiger charge is 2.30. The second-order valence-electron chi connectivity index (χ2n) is 2.95. The summed E-state index contributed by atoms with van der Waals surface area (Å²) in [6, 6.07) is 4.91. The molecule has 1 N–H and O–H groups in total. The van der Waals surface area contributed by atoms with Crippen LogP contribution in [0.15, 0.2) is 35.9 Å². The molecule has 0 unspecified atom stereocenters. The average molecular weight is 236 g/mol. The molecule has 0 atom stereocenters. The van der Waals surface area contributed by atoms with E-state index in [0.29, 0.717) is 10.7 Å². The molecule has 1 nitrogen and oxygen atoms in total. The van der Waals surface area contributed by atoms with Gasteiger partial charge in [0.15, 0.2) is 0 Å². The molecule has 0 amide bonds. The lowest BCUT2D eigenvalue weighted by Crippen LogP contribution is -2.06. The van der Waals surface area contributed by atoms with Gasteiger partial charge in [-0.3, -0.25) is 0 Å². The topological polar surface area (TPSA) is 12.0 Å². The van der Waals surface area contributed by atoms with Gasteiger partial charge < -0.3 is 5.32 Å². The zero-order valence-electron chi connectivity index (χ0n) is 7.74. The van der Waals surface area contributed by atoms with Gasteiger partial charge in [0, 0.05) is 10.7 Å². The van der Waals surface area contributed by atoms with E-state index in [1.165, 1.54) is 12.1 Å². The van der Waals surface area contributed by atoms with E-state index in [9.17, 15) is 13.2 Å². The molecule has 0 fully saturated rings. The van der Waals surface area contributed by atoms with Gasteiger partial charge in [0.25, 0.3) is 0 Å². The summed E-state index contributed by atoms with van der Waals surface area (Å²) in [6.07, 6.45) is -4.32. The summed E-state index contributed by atoms with van der Waals surface area (Å²) < 4.78 is 36.9. The number of alkyl halides is 3. The molecule has 0 bridgehead atoms. The fourth-order valence-electron chi connectivity index (χ4n) is 1.00. The first-order valence-corrected chi connectivity index (χ1v) is 4.52. The van der Waals surface area contributed by atoms with E-state index < -0.39 is 11.7 Å². The van der Waals surface area contributed by atoms with Crippen LogP contribution in [0.25, 0.3) is 0 Å². The number of hydrogen-bond acceptors (Lipinski definition) is 1. The molecule has 1 rings (SSSR count). The van der Waals surface area contributed by atoms with Gasteiger partial charge in [-0.25, -0.2) is 0 Å². The van der Waals surface area contributed by atoms with E-state index in [1.807, 2.05) is 0 Å². The van der Waals surface area contributed by atoms with Crippen molar-refractivity contribution >= 4 is 17.3 Å². The van der Waals surface area contributed by atoms with Crippen molar-refractivity contribution < 1.29 is 13.2 Å². The standard InChI is InChI=1S/C10H9ClF3N/c1-7(11)6-15-9-4-2-3-8(5-9)10(12,13)14/h2-5,15H,1,6H2. The van der Waals surface area contributed by atoms with Gasteiger partial charge in [0.1, 0.15) is 0 Å². The van der Waals surface area contributed by atoms with Crippen LogP contribution in [0.3, 0.4) is 0 Å². The minimum atomic E-state index is -4.32. The Hall–Kier alpha value is -1.16. The lowest BCUT2D eigenvalue weighted by molar-refractivity contribution is -0.137. The van der Waals surface area contributed by atoms with Crippen LogP contribution in [0.5, 0.6) is 0 Å². The molecule has 0 aliphatic heterocycles. The maximum Gasteiger partial charge on any atom is 0.416 e. The predicted octanol–water partition coefficient (Wildman–Crippen LogP) is 3.87. The first-order valence-electron chi connectivity index (χ1n) is 4.14. The van der Waals surface area contributed by atoms with E-state index in [2.05, 4.69) is 11.9 Å². The fourth-order valence-corrected chi connectivity index (χ4v) is 1.07. The molecular formula is C10H9ClF3N. The van der Waals surface area contributed by atoms with Crippen LogP contribution >= 0.6 is 11.6 Å². The largest absolute Gasteiger partial charge is 0.416 e. The van der Waals surface area contributed by atoms with Crippen LogP contribution < -0.4 is 5.32 Å². The van der Waals surface area contributed by atoms with Crippen LogP contribution in [0.2, 0.25) is 0 Å². The van der Waals surface area contributed by atoms with E-state index in [0.717, 1.165) is 12.1 Å². The van der Waals surface area contributed by atoms with Gasteiger partial charge in [-0.1, -0.05) is 24.2 Å². The van der Waals surface area contributed by atoms with Crippen LogP contribution in [-0.4, -0.2) is 6.54 Å². The molecule has 1 aromatic rings. The van der Waals surface area contributed by atoms with Crippen LogP contribution in [-0.2, 0) is 6.18 Å². The van der Waals surface area contributed by atoms with Crippen molar-refractivity contribution in [1.82, 2.24) is 0 Å². The van der Waals surface area contributed by atoms with E-state index in [-0.39, 0.29) is 6.54 Å². The van der Waals surface area contributed by atoms with Gasteiger partial charge in [-0.15, -0.1) is 0 Å². The Morgan fingerprint density at radius 2 is 2.07 bits per heavy atom. The van der Waals surface area contributed by atoms with Crippen molar-refractivity contribution in [2.45, 2.75) is 6.18 Å². The molecule has 0 spiro atoms. The van der Waals surface area contributed by atoms with Crippen LogP contribution in [0.4, 0.5) is 18.9 Å². The highest BCUT2D eigenvalue weighted by molar-refractivity contribution is 6.29. The van der Waals surface area contributed by atoms with E-state index in [4.69, 9.17) is 11.6 Å². The van der Waals surface area contributed by atoms with Crippen molar-refractivity contribution in [2.75, 3.05) is 11.9 Å². The molecule has 0 aromatic heterocycles. The first-order chi connectivity index (χ1) is 6.89. The number of anilines is 1. The minimum absolute atomic E-state index is 0.239. The summed E-state index contributed by atoms with van der Waals surface area (Å²) in [5, 5.41) is 3.07. The third-order valence-corrected chi connectivity index (χ3v) is 1.81. The van der Waals surface area contributed by atoms with E-state index in [1.54, 1.807) is 0 Å². The molecule has 0 aliphatic carbocycles. The molecule has 0 saturated carbocycles. The fraction of sp³-hybridized carbons (Fsp3) is 0.200. The molecule has 0 aliphatic rings. The molecule has 0 heterocycles. The number of rotatable bonds is 3. The summed E-state index contributed by atoms with van der Waals surface area (Å²) >= 11 is 5.48. The smallest absolute Gasteiger partial charge is 0.380 e. The van der Waals surface area contributed by atoms with Gasteiger partial charge in [0.05, 0.1) is 12.1 Å². The van der Waals surface area contributed by atoms with Gasteiger partial charge in [-0.05, 0) is 18.2 Å². The number of hydrogen-bond donors (Lipinski definition) is 1. The summed E-state index contributed by atoms with van der Waals surface area (Å²) in [5.74, 6) is 0. The summed E-state index contributed by atoms with van der Waals surface area (Å²) in [4.78, 5) is 0. The van der Waals surface area contributed by atoms with Crippen molar-refractivity contribution in [3.05, 3.63) is 41.4 Å². The quantitative estimate of drug-likeness (QED) is 0.839. The zero-order valence-corrected chi connectivity index (χ0v) is 8.49. The van der Waals surface area contributed by atoms with Crippen molar-refractivity contribution in [1.29, 1.82) is 0 Å². The van der Waals surface area contributed by atoms with Gasteiger partial charge >= 0.3 is 6.18 Å². The Morgan fingerprint density at radius 3 is 2.60 bits per heavy atom. The SMILES string of the molecule is C=C(Cl)CNc1cccc(C(F)(F)F)c1. The lowest BCUT2D eigenvalue weighted by atomic mass is 10.2. The first kappa shape index (κ1) is 11.9. The third-order valence-electron chi connectivity index (χ3n) is 1.67. The Bertz CT molecular complexity index is 360. The highest BCUT2D eigenvalue weighted by Crippen LogP contribution is 2.30. The minimum Gasteiger partial charge on any atom is -0.380 e. The van der Waals surface area contributed by atoms with Crippen LogP contribution in [0.1, 0.15) is 5.56 Å². The molecule has 0 radical (unpaired) electrons. The molecule has 15 heavy (non-hydrogen) atoms. The normalized spacial score (nSPS) is 11.2. The number of nitrogens with one attached hydrogen (secondary N) is 1. The molecule has 5 heteroatoms. The monoisotopic (exact) mass is 235 g/mol. The van der Waals surface area contributed by atoms with Gasteiger partial charge in [-0.2, -0.15) is 13.2 Å². The molecular weight excluding hydrogens is 227 g/mol. The number of benzene rings is 1. The predicted molar refractivity (Wildman–Crippen MR) is 54.9 cm³/mol. The Balaban J connectivity index is 2.79. The van der Waals surface area contributed by atoms with Crippen molar-refractivity contribution in [3.63, 3.8) is 0 Å². The summed E-state index contributed by atoms with van der Waals surface area (Å²) in [6.45, 7) is 3.66. The average Bonchev–Trinajstić information content (AvgIpc) is 2.14. The second kappa shape index (κ2) is 4.57. The number of halogens is 4. The molecule has 82 valence electrons. The summed E-state index contributed by atoms with van der Waals surface area (Å²) in [5.41, 5.74) is -0.320. The van der Waals surface area contributed by atoms with Crippen LogP contribution in [0, 0.1) is 0 Å². The Morgan fingerprint density at radius 1 is 1.40 bits per heavy atom. The van der Waals surface area contributed by atoms with E-state index >= 15 is 0 Å². The zero-order chi connectivity index (χ0) is 11.5. The second-order valence-corrected chi connectivity index (χ2v) is 3.48. The summed E-state index contributed by atoms with van der Waals surface area (Å²) in [7, 11) is 0. The Labute approximate surface area is 90.6 Å². The molecule has 0 saturated heterocycles. The van der Waals surface area contributed by atoms with Gasteiger partial charge in [0.2, 0.25) is 0 Å². The van der Waals surface area contributed by atoms with Crippen molar-refractivity contribution in [2.24, 2.45) is 0 Å². The maximum atomic E-state index is 12.3.